The molecule has 1 aromatic carbocycles. The molecular weight excluding hydrogens is 480 g/mol. The van der Waals surface area contributed by atoms with Crippen molar-refractivity contribution in [2.75, 3.05) is 30.4 Å². The van der Waals surface area contributed by atoms with E-state index < -0.39 is 0 Å². The normalized spacial score (nSPS) is 13.5. The van der Waals surface area contributed by atoms with Gasteiger partial charge in [0.2, 0.25) is 5.95 Å². The van der Waals surface area contributed by atoms with Gasteiger partial charge in [-0.05, 0) is 59.6 Å². The lowest BCUT2D eigenvalue weighted by molar-refractivity contribution is 0.393. The maximum Gasteiger partial charge on any atom is 0.229 e. The molecule has 0 saturated heterocycles. The summed E-state index contributed by atoms with van der Waals surface area (Å²) in [6.07, 6.45) is 2.42. The SMILES string of the molecule is CCN(CC)c1nc(Nc2cc(C3CC3)nn2CC)c2c(n1)[nH]c1cc(-c3c(C)noc3C)c(OC)cc12. The Morgan fingerprint density at radius 3 is 2.55 bits per heavy atom. The van der Waals surface area contributed by atoms with Crippen LogP contribution in [-0.2, 0) is 6.54 Å². The van der Waals surface area contributed by atoms with Gasteiger partial charge in [-0.25, -0.2) is 4.68 Å². The van der Waals surface area contributed by atoms with Crippen LogP contribution in [0, 0.1) is 13.8 Å². The number of aryl methyl sites for hydroxylation is 3. The highest BCUT2D eigenvalue weighted by molar-refractivity contribution is 6.13. The Kier molecular flexibility index (Phi) is 5.97. The van der Waals surface area contributed by atoms with Gasteiger partial charge in [-0.1, -0.05) is 5.16 Å². The highest BCUT2D eigenvalue weighted by Gasteiger charge is 2.28. The van der Waals surface area contributed by atoms with E-state index in [0.29, 0.717) is 11.9 Å². The van der Waals surface area contributed by atoms with Gasteiger partial charge in [0, 0.05) is 48.1 Å². The predicted molar refractivity (Wildman–Crippen MR) is 150 cm³/mol. The lowest BCUT2D eigenvalue weighted by Gasteiger charge is -2.19. The number of benzene rings is 1. The van der Waals surface area contributed by atoms with Crippen LogP contribution in [0.2, 0.25) is 0 Å². The van der Waals surface area contributed by atoms with Crippen molar-refractivity contribution >= 4 is 39.5 Å². The van der Waals surface area contributed by atoms with Crippen LogP contribution in [0.1, 0.15) is 56.7 Å². The third-order valence-corrected chi connectivity index (χ3v) is 7.45. The Labute approximate surface area is 221 Å². The molecule has 0 spiro atoms. The third-order valence-electron chi connectivity index (χ3n) is 7.45. The highest BCUT2D eigenvalue weighted by atomic mass is 16.5. The number of H-pyrrole nitrogens is 1. The second kappa shape index (κ2) is 9.34. The molecule has 0 amide bonds. The van der Waals surface area contributed by atoms with Crippen LogP contribution in [0.15, 0.2) is 22.7 Å². The molecule has 0 unspecified atom stereocenters. The zero-order valence-electron chi connectivity index (χ0n) is 22.8. The van der Waals surface area contributed by atoms with Crippen molar-refractivity contribution in [1.29, 1.82) is 0 Å². The monoisotopic (exact) mass is 514 g/mol. The fraction of sp³-hybridized carbons (Fsp3) is 0.429. The average Bonchev–Trinajstić information content (AvgIpc) is 3.47. The minimum atomic E-state index is 0.570. The Hall–Kier alpha value is -4.08. The van der Waals surface area contributed by atoms with E-state index in [9.17, 15) is 0 Å². The summed E-state index contributed by atoms with van der Waals surface area (Å²) in [7, 11) is 1.69. The van der Waals surface area contributed by atoms with Crippen molar-refractivity contribution in [2.45, 2.75) is 59.9 Å². The van der Waals surface area contributed by atoms with Gasteiger partial charge < -0.3 is 24.5 Å². The summed E-state index contributed by atoms with van der Waals surface area (Å²) in [5, 5.41) is 14.5. The summed E-state index contributed by atoms with van der Waals surface area (Å²) in [5.74, 6) is 4.42. The van der Waals surface area contributed by atoms with E-state index >= 15 is 0 Å². The molecule has 0 aliphatic heterocycles. The lowest BCUT2D eigenvalue weighted by atomic mass is 10.0. The van der Waals surface area contributed by atoms with Gasteiger partial charge in [-0.2, -0.15) is 15.1 Å². The number of hydrogen-bond acceptors (Lipinski definition) is 8. The Morgan fingerprint density at radius 2 is 1.92 bits per heavy atom. The van der Waals surface area contributed by atoms with Crippen LogP contribution in [0.5, 0.6) is 5.75 Å². The molecule has 6 rings (SSSR count). The average molecular weight is 515 g/mol. The summed E-state index contributed by atoms with van der Waals surface area (Å²) in [6.45, 7) is 12.6. The molecule has 2 N–H and O–H groups in total. The number of rotatable bonds is 9. The molecule has 0 radical (unpaired) electrons. The van der Waals surface area contributed by atoms with Gasteiger partial charge in [-0.15, -0.1) is 0 Å². The second-order valence-corrected chi connectivity index (χ2v) is 9.86. The maximum atomic E-state index is 5.87. The van der Waals surface area contributed by atoms with Crippen LogP contribution in [0.3, 0.4) is 0 Å². The van der Waals surface area contributed by atoms with Crippen LogP contribution < -0.4 is 15.0 Å². The van der Waals surface area contributed by atoms with Crippen molar-refractivity contribution in [2.24, 2.45) is 0 Å². The van der Waals surface area contributed by atoms with Gasteiger partial charge in [0.05, 0.1) is 29.4 Å². The van der Waals surface area contributed by atoms with Gasteiger partial charge >= 0.3 is 0 Å². The van der Waals surface area contributed by atoms with E-state index in [1.807, 2.05) is 24.6 Å². The van der Waals surface area contributed by atoms with Gasteiger partial charge in [0.25, 0.3) is 0 Å². The zero-order chi connectivity index (χ0) is 26.6. The quantitative estimate of drug-likeness (QED) is 0.244. The third kappa shape index (κ3) is 3.95. The number of anilines is 3. The van der Waals surface area contributed by atoms with E-state index in [0.717, 1.165) is 87.2 Å². The fourth-order valence-electron chi connectivity index (χ4n) is 5.26. The molecule has 1 aliphatic carbocycles. The Balaban J connectivity index is 1.57. The molecule has 4 heterocycles. The minimum Gasteiger partial charge on any atom is -0.496 e. The molecule has 38 heavy (non-hydrogen) atoms. The van der Waals surface area contributed by atoms with Crippen LogP contribution >= 0.6 is 0 Å². The van der Waals surface area contributed by atoms with E-state index in [4.69, 9.17) is 24.3 Å². The second-order valence-electron chi connectivity index (χ2n) is 9.86. The highest BCUT2D eigenvalue weighted by Crippen LogP contribution is 2.43. The molecule has 0 atom stereocenters. The van der Waals surface area contributed by atoms with Crippen molar-refractivity contribution in [3.8, 4) is 16.9 Å². The topological polar surface area (TPSA) is 110 Å². The van der Waals surface area contributed by atoms with Crippen molar-refractivity contribution < 1.29 is 9.26 Å². The molecule has 0 bridgehead atoms. The van der Waals surface area contributed by atoms with E-state index in [1.165, 1.54) is 12.8 Å². The smallest absolute Gasteiger partial charge is 0.229 e. The first-order valence-electron chi connectivity index (χ1n) is 13.4. The van der Waals surface area contributed by atoms with E-state index in [1.54, 1.807) is 7.11 Å². The largest absolute Gasteiger partial charge is 0.496 e. The summed E-state index contributed by atoms with van der Waals surface area (Å²) in [4.78, 5) is 15.7. The van der Waals surface area contributed by atoms with Crippen LogP contribution in [0.4, 0.5) is 17.6 Å². The molecule has 198 valence electrons. The molecule has 1 aliphatic rings. The van der Waals surface area contributed by atoms with Gasteiger partial charge in [-0.3, -0.25) is 0 Å². The van der Waals surface area contributed by atoms with E-state index in [-0.39, 0.29) is 0 Å². The number of hydrogen-bond donors (Lipinski definition) is 2. The molecule has 1 fully saturated rings. The molecule has 4 aromatic heterocycles. The van der Waals surface area contributed by atoms with E-state index in [2.05, 4.69) is 53.3 Å². The molecule has 10 nitrogen and oxygen atoms in total. The number of methoxy groups -OCH3 is 1. The predicted octanol–water partition coefficient (Wildman–Crippen LogP) is 6.08. The zero-order valence-corrected chi connectivity index (χ0v) is 22.8. The summed E-state index contributed by atoms with van der Waals surface area (Å²) < 4.78 is 13.3. The first-order chi connectivity index (χ1) is 18.4. The number of fused-ring (bicyclic) bond motifs is 3. The van der Waals surface area contributed by atoms with Crippen LogP contribution in [-0.4, -0.2) is 50.1 Å². The summed E-state index contributed by atoms with van der Waals surface area (Å²) in [5.41, 5.74) is 5.53. The number of aromatic nitrogens is 6. The first kappa shape index (κ1) is 24.3. The Morgan fingerprint density at radius 1 is 1.13 bits per heavy atom. The maximum absolute atomic E-state index is 5.87. The van der Waals surface area contributed by atoms with Crippen molar-refractivity contribution in [1.82, 2.24) is 29.9 Å². The van der Waals surface area contributed by atoms with Crippen molar-refractivity contribution in [3.05, 3.63) is 35.3 Å². The van der Waals surface area contributed by atoms with Gasteiger partial charge in [0.15, 0.2) is 0 Å². The lowest BCUT2D eigenvalue weighted by Crippen LogP contribution is -2.24. The fourth-order valence-corrected chi connectivity index (χ4v) is 5.26. The number of nitrogens with one attached hydrogen (secondary N) is 2. The number of ether oxygens (including phenoxy) is 1. The molecular formula is C28H34N8O2. The van der Waals surface area contributed by atoms with Gasteiger partial charge in [0.1, 0.15) is 28.8 Å². The molecule has 1 saturated carbocycles. The number of aromatic amines is 1. The summed E-state index contributed by atoms with van der Waals surface area (Å²) >= 11 is 0. The minimum absolute atomic E-state index is 0.570. The van der Waals surface area contributed by atoms with Crippen LogP contribution in [0.25, 0.3) is 33.1 Å². The number of nitrogens with zero attached hydrogens (tertiary/aromatic N) is 6. The molecule has 10 heteroatoms. The summed E-state index contributed by atoms with van der Waals surface area (Å²) in [6, 6.07) is 6.30. The first-order valence-corrected chi connectivity index (χ1v) is 13.4. The van der Waals surface area contributed by atoms with Crippen molar-refractivity contribution in [3.63, 3.8) is 0 Å². The Bertz CT molecular complexity index is 1620. The molecule has 5 aromatic rings. The standard InChI is InChI=1S/C28H34N8O2/c1-7-35(8-2)28-31-26-25(27(32-28)30-23-14-20(17-10-11-17)33-36(23)9-3)18-13-22(37-6)19(12-21(18)29-26)24-15(4)34-38-16(24)5/h12-14,17H,7-11H2,1-6H3,(H2,29,30,31,32).